The lowest BCUT2D eigenvalue weighted by atomic mass is 9.84. The quantitative estimate of drug-likeness (QED) is 0.862. The number of nitrogens with zero attached hydrogens (tertiary/aromatic N) is 1. The average molecular weight is 327 g/mol. The highest BCUT2D eigenvalue weighted by atomic mass is 35.5. The van der Waals surface area contributed by atoms with Gasteiger partial charge in [0.05, 0.1) is 10.0 Å². The Morgan fingerprint density at radius 2 is 1.90 bits per heavy atom. The van der Waals surface area contributed by atoms with Gasteiger partial charge in [0.1, 0.15) is 0 Å². The van der Waals surface area contributed by atoms with E-state index < -0.39 is 0 Å². The molecule has 1 unspecified atom stereocenters. The van der Waals surface area contributed by atoms with E-state index in [1.54, 1.807) is 0 Å². The van der Waals surface area contributed by atoms with Crippen molar-refractivity contribution in [1.82, 2.24) is 5.32 Å². The fourth-order valence-electron chi connectivity index (χ4n) is 3.72. The molecule has 1 aromatic rings. The number of rotatable bonds is 3. The summed E-state index contributed by atoms with van der Waals surface area (Å²) >= 11 is 12.2. The Hall–Kier alpha value is -0.440. The van der Waals surface area contributed by atoms with E-state index in [4.69, 9.17) is 23.2 Å². The molecule has 116 valence electrons. The molecule has 1 aromatic carbocycles. The standard InChI is InChI=1S/C17H24Cl2N2/c18-16-7-6-15(11-17(16)19)21-9-8-20-14(12-21)10-13-4-2-1-3-5-13/h6-7,11,13-14,20H,1-5,8-10,12H2. The largest absolute Gasteiger partial charge is 0.369 e. The topological polar surface area (TPSA) is 15.3 Å². The van der Waals surface area contributed by atoms with Crippen LogP contribution >= 0.6 is 23.2 Å². The maximum absolute atomic E-state index is 6.15. The van der Waals surface area contributed by atoms with Gasteiger partial charge in [-0.2, -0.15) is 0 Å². The number of hydrogen-bond donors (Lipinski definition) is 1. The lowest BCUT2D eigenvalue weighted by Gasteiger charge is -2.37. The molecule has 0 radical (unpaired) electrons. The van der Waals surface area contributed by atoms with E-state index in [-0.39, 0.29) is 0 Å². The lowest BCUT2D eigenvalue weighted by molar-refractivity contribution is 0.289. The molecule has 1 aliphatic heterocycles. The van der Waals surface area contributed by atoms with Crippen molar-refractivity contribution in [2.45, 2.75) is 44.6 Å². The van der Waals surface area contributed by atoms with Crippen LogP contribution in [-0.4, -0.2) is 25.7 Å². The van der Waals surface area contributed by atoms with Crippen molar-refractivity contribution in [2.24, 2.45) is 5.92 Å². The number of piperazine rings is 1. The molecule has 2 nitrogen and oxygen atoms in total. The molecule has 1 saturated heterocycles. The predicted octanol–water partition coefficient (Wildman–Crippen LogP) is 4.74. The maximum Gasteiger partial charge on any atom is 0.0612 e. The molecule has 1 saturated carbocycles. The zero-order valence-electron chi connectivity index (χ0n) is 12.5. The minimum Gasteiger partial charge on any atom is -0.369 e. The second-order valence-electron chi connectivity index (χ2n) is 6.44. The molecule has 1 heterocycles. The summed E-state index contributed by atoms with van der Waals surface area (Å²) in [5.74, 6) is 0.921. The molecule has 21 heavy (non-hydrogen) atoms. The van der Waals surface area contributed by atoms with Crippen molar-refractivity contribution < 1.29 is 0 Å². The van der Waals surface area contributed by atoms with Crippen LogP contribution in [0.5, 0.6) is 0 Å². The smallest absolute Gasteiger partial charge is 0.0612 e. The van der Waals surface area contributed by atoms with Crippen LogP contribution in [0.4, 0.5) is 5.69 Å². The summed E-state index contributed by atoms with van der Waals surface area (Å²) in [4.78, 5) is 2.44. The third-order valence-corrected chi connectivity index (χ3v) is 5.61. The van der Waals surface area contributed by atoms with Crippen LogP contribution in [0, 0.1) is 5.92 Å². The Bertz CT molecular complexity index is 472. The van der Waals surface area contributed by atoms with Crippen molar-refractivity contribution in [3.63, 3.8) is 0 Å². The van der Waals surface area contributed by atoms with Crippen LogP contribution in [0.2, 0.25) is 10.0 Å². The molecule has 1 atom stereocenters. The van der Waals surface area contributed by atoms with Crippen LogP contribution < -0.4 is 10.2 Å². The highest BCUT2D eigenvalue weighted by Crippen LogP contribution is 2.30. The molecule has 0 amide bonds. The number of benzene rings is 1. The van der Waals surface area contributed by atoms with Gasteiger partial charge in [-0.05, 0) is 30.5 Å². The normalized spacial score (nSPS) is 24.3. The molecule has 3 rings (SSSR count). The van der Waals surface area contributed by atoms with Crippen LogP contribution in [0.1, 0.15) is 38.5 Å². The third kappa shape index (κ3) is 4.06. The summed E-state index contributed by atoms with van der Waals surface area (Å²) in [7, 11) is 0. The summed E-state index contributed by atoms with van der Waals surface area (Å²) in [5, 5.41) is 4.97. The zero-order chi connectivity index (χ0) is 14.7. The summed E-state index contributed by atoms with van der Waals surface area (Å²) in [5.41, 5.74) is 1.19. The van der Waals surface area contributed by atoms with E-state index >= 15 is 0 Å². The Balaban J connectivity index is 1.60. The highest BCUT2D eigenvalue weighted by Gasteiger charge is 2.24. The molecule has 0 aromatic heterocycles. The van der Waals surface area contributed by atoms with E-state index in [0.29, 0.717) is 16.1 Å². The number of anilines is 1. The van der Waals surface area contributed by atoms with Gasteiger partial charge in [0.25, 0.3) is 0 Å². The van der Waals surface area contributed by atoms with Crippen LogP contribution in [0.15, 0.2) is 18.2 Å². The second kappa shape index (κ2) is 7.21. The van der Waals surface area contributed by atoms with Crippen molar-refractivity contribution in [1.29, 1.82) is 0 Å². The fraction of sp³-hybridized carbons (Fsp3) is 0.647. The van der Waals surface area contributed by atoms with E-state index in [9.17, 15) is 0 Å². The zero-order valence-corrected chi connectivity index (χ0v) is 14.0. The maximum atomic E-state index is 6.15. The molecule has 2 aliphatic rings. The van der Waals surface area contributed by atoms with Gasteiger partial charge in [-0.15, -0.1) is 0 Å². The first-order chi connectivity index (χ1) is 10.2. The molecule has 0 bridgehead atoms. The summed E-state index contributed by atoms with van der Waals surface area (Å²) in [6.45, 7) is 3.17. The molecular formula is C17H24Cl2N2. The number of halogens is 2. The van der Waals surface area contributed by atoms with Crippen molar-refractivity contribution in [3.8, 4) is 0 Å². The summed E-state index contributed by atoms with van der Waals surface area (Å²) in [6.07, 6.45) is 8.44. The molecule has 1 aliphatic carbocycles. The third-order valence-electron chi connectivity index (χ3n) is 4.87. The first-order valence-corrected chi connectivity index (χ1v) is 8.91. The van der Waals surface area contributed by atoms with Crippen molar-refractivity contribution in [3.05, 3.63) is 28.2 Å². The van der Waals surface area contributed by atoms with Crippen LogP contribution in [0.25, 0.3) is 0 Å². The lowest BCUT2D eigenvalue weighted by Crippen LogP contribution is -2.51. The van der Waals surface area contributed by atoms with Gasteiger partial charge in [-0.3, -0.25) is 0 Å². The highest BCUT2D eigenvalue weighted by molar-refractivity contribution is 6.42. The average Bonchev–Trinajstić information content (AvgIpc) is 2.51. The van der Waals surface area contributed by atoms with Gasteiger partial charge in [-0.25, -0.2) is 0 Å². The van der Waals surface area contributed by atoms with Crippen molar-refractivity contribution in [2.75, 3.05) is 24.5 Å². The first-order valence-electron chi connectivity index (χ1n) is 8.16. The Labute approximate surface area is 137 Å². The van der Waals surface area contributed by atoms with E-state index in [1.165, 1.54) is 44.2 Å². The van der Waals surface area contributed by atoms with Crippen molar-refractivity contribution >= 4 is 28.9 Å². The van der Waals surface area contributed by atoms with E-state index in [0.717, 1.165) is 25.6 Å². The minimum atomic E-state index is 0.608. The van der Waals surface area contributed by atoms with Gasteiger partial charge in [-0.1, -0.05) is 55.3 Å². The van der Waals surface area contributed by atoms with Gasteiger partial charge in [0.2, 0.25) is 0 Å². The van der Waals surface area contributed by atoms with Gasteiger partial charge in [0, 0.05) is 31.4 Å². The SMILES string of the molecule is Clc1ccc(N2CCNC(CC3CCCCC3)C2)cc1Cl. The summed E-state index contributed by atoms with van der Waals surface area (Å²) in [6, 6.07) is 6.58. The first kappa shape index (κ1) is 15.5. The molecule has 0 spiro atoms. The Morgan fingerprint density at radius 1 is 1.10 bits per heavy atom. The second-order valence-corrected chi connectivity index (χ2v) is 7.25. The van der Waals surface area contributed by atoms with Crippen LogP contribution in [0.3, 0.4) is 0 Å². The van der Waals surface area contributed by atoms with Gasteiger partial charge >= 0.3 is 0 Å². The molecule has 4 heteroatoms. The predicted molar refractivity (Wildman–Crippen MR) is 91.7 cm³/mol. The molecule has 2 fully saturated rings. The monoisotopic (exact) mass is 326 g/mol. The minimum absolute atomic E-state index is 0.608. The van der Waals surface area contributed by atoms with E-state index in [2.05, 4.69) is 16.3 Å². The molecular weight excluding hydrogens is 303 g/mol. The van der Waals surface area contributed by atoms with Gasteiger partial charge in [0.15, 0.2) is 0 Å². The number of hydrogen-bond acceptors (Lipinski definition) is 2. The van der Waals surface area contributed by atoms with Gasteiger partial charge < -0.3 is 10.2 Å². The van der Waals surface area contributed by atoms with E-state index in [1.807, 2.05) is 12.1 Å². The van der Waals surface area contributed by atoms with Crippen LogP contribution in [-0.2, 0) is 0 Å². The fourth-order valence-corrected chi connectivity index (χ4v) is 4.02. The molecule has 1 N–H and O–H groups in total. The number of nitrogens with one attached hydrogen (secondary N) is 1. The Kier molecular flexibility index (Phi) is 5.31. The Morgan fingerprint density at radius 3 is 2.67 bits per heavy atom. The summed E-state index contributed by atoms with van der Waals surface area (Å²) < 4.78 is 0.